The van der Waals surface area contributed by atoms with Crippen molar-refractivity contribution >= 4 is 27.8 Å². The van der Waals surface area contributed by atoms with Crippen LogP contribution in [-0.4, -0.2) is 44.1 Å². The molecule has 5 rings (SSSR count). The van der Waals surface area contributed by atoms with Gasteiger partial charge in [0.15, 0.2) is 23.3 Å². The van der Waals surface area contributed by atoms with E-state index < -0.39 is 28.9 Å². The van der Waals surface area contributed by atoms with Crippen LogP contribution in [0.25, 0.3) is 33.5 Å². The quantitative estimate of drug-likeness (QED) is 0.482. The minimum absolute atomic E-state index is 0.167. The maximum absolute atomic E-state index is 15.5. The zero-order valence-corrected chi connectivity index (χ0v) is 17.7. The summed E-state index contributed by atoms with van der Waals surface area (Å²) in [6.07, 6.45) is 1.34. The molecule has 4 aromatic rings. The zero-order chi connectivity index (χ0) is 22.7. The molecule has 32 heavy (non-hydrogen) atoms. The topological polar surface area (TPSA) is 69.1 Å². The molecule has 2 aromatic carbocycles. The lowest BCUT2D eigenvalue weighted by molar-refractivity contribution is 0.0698. The van der Waals surface area contributed by atoms with Gasteiger partial charge in [-0.3, -0.25) is 4.79 Å². The van der Waals surface area contributed by atoms with E-state index in [2.05, 4.69) is 4.98 Å². The minimum Gasteiger partial charge on any atom is -0.341 e. The molecule has 1 saturated heterocycles. The molecule has 6 nitrogen and oxygen atoms in total. The molecule has 1 aliphatic heterocycles. The van der Waals surface area contributed by atoms with Crippen molar-refractivity contribution < 1.29 is 18.0 Å². The number of carbonyl (C=O) groups is 1. The van der Waals surface area contributed by atoms with Gasteiger partial charge < -0.3 is 19.8 Å². The first-order valence-electron chi connectivity index (χ1n) is 10.4. The number of aryl methyl sites for hydroxylation is 2. The number of hydrogen-bond donors (Lipinski definition) is 1. The molecule has 2 aromatic heterocycles. The van der Waals surface area contributed by atoms with E-state index in [1.807, 2.05) is 41.9 Å². The average Bonchev–Trinajstić information content (AvgIpc) is 3.29. The molecule has 166 valence electrons. The Labute approximate surface area is 182 Å². The second-order valence-electron chi connectivity index (χ2n) is 8.31. The highest BCUT2D eigenvalue weighted by Crippen LogP contribution is 2.34. The van der Waals surface area contributed by atoms with Crippen LogP contribution in [0.1, 0.15) is 23.2 Å². The van der Waals surface area contributed by atoms with Crippen molar-refractivity contribution in [2.45, 2.75) is 18.9 Å². The Morgan fingerprint density at radius 3 is 2.56 bits per heavy atom. The predicted octanol–water partition coefficient (Wildman–Crippen LogP) is 3.71. The van der Waals surface area contributed by atoms with Crippen LogP contribution in [0.15, 0.2) is 30.3 Å². The number of benzene rings is 2. The first-order valence-corrected chi connectivity index (χ1v) is 10.4. The largest absolute Gasteiger partial charge is 0.341 e. The van der Waals surface area contributed by atoms with Gasteiger partial charge in [-0.15, -0.1) is 0 Å². The monoisotopic (exact) mass is 441 g/mol. The summed E-state index contributed by atoms with van der Waals surface area (Å²) in [5.74, 6) is -4.62. The number of hydrogen-bond acceptors (Lipinski definition) is 3. The number of imidazole rings is 1. The molecule has 1 atom stereocenters. The van der Waals surface area contributed by atoms with Crippen LogP contribution in [0.4, 0.5) is 13.2 Å². The maximum atomic E-state index is 15.5. The lowest BCUT2D eigenvalue weighted by atomic mass is 10.0. The van der Waals surface area contributed by atoms with E-state index >= 15 is 8.78 Å². The SMILES string of the molecule is Cn1c(-c2nc3c(F)c(C(=O)N4CCCC(N)C4)c(F)c(F)c3n2C)cc2ccccc21. The lowest BCUT2D eigenvalue weighted by Gasteiger charge is -2.31. The van der Waals surface area contributed by atoms with Gasteiger partial charge in [0.05, 0.1) is 5.69 Å². The van der Waals surface area contributed by atoms with Gasteiger partial charge in [-0.05, 0) is 25.0 Å². The van der Waals surface area contributed by atoms with Gasteiger partial charge in [0.25, 0.3) is 5.91 Å². The third-order valence-electron chi connectivity index (χ3n) is 6.28. The van der Waals surface area contributed by atoms with E-state index in [0.29, 0.717) is 18.7 Å². The van der Waals surface area contributed by atoms with Crippen molar-refractivity contribution in [1.29, 1.82) is 0 Å². The minimum atomic E-state index is -1.51. The fourth-order valence-corrected chi connectivity index (χ4v) is 4.60. The molecule has 9 heteroatoms. The van der Waals surface area contributed by atoms with Gasteiger partial charge in [0.2, 0.25) is 0 Å². The van der Waals surface area contributed by atoms with Crippen molar-refractivity contribution in [2.24, 2.45) is 19.8 Å². The molecule has 0 spiro atoms. The van der Waals surface area contributed by atoms with Crippen molar-refractivity contribution in [1.82, 2.24) is 19.0 Å². The highest BCUT2D eigenvalue weighted by molar-refractivity contribution is 5.99. The smallest absolute Gasteiger partial charge is 0.260 e. The number of nitrogens with zero attached hydrogens (tertiary/aromatic N) is 4. The van der Waals surface area contributed by atoms with Gasteiger partial charge in [0.1, 0.15) is 16.6 Å². The number of piperidine rings is 1. The summed E-state index contributed by atoms with van der Waals surface area (Å²) in [4.78, 5) is 18.5. The summed E-state index contributed by atoms with van der Waals surface area (Å²) in [5.41, 5.74) is 5.79. The van der Waals surface area contributed by atoms with Crippen LogP contribution in [0, 0.1) is 17.5 Å². The second kappa shape index (κ2) is 7.37. The molecule has 2 N–H and O–H groups in total. The molecule has 0 radical (unpaired) electrons. The van der Waals surface area contributed by atoms with Gasteiger partial charge in [0, 0.05) is 44.1 Å². The summed E-state index contributed by atoms with van der Waals surface area (Å²) in [7, 11) is 3.31. The number of amides is 1. The van der Waals surface area contributed by atoms with Crippen LogP contribution < -0.4 is 5.73 Å². The van der Waals surface area contributed by atoms with E-state index in [1.165, 1.54) is 16.5 Å². The molecule has 1 unspecified atom stereocenters. The number of fused-ring (bicyclic) bond motifs is 2. The van der Waals surface area contributed by atoms with E-state index in [4.69, 9.17) is 5.73 Å². The van der Waals surface area contributed by atoms with Crippen LogP contribution in [0.3, 0.4) is 0 Å². The fraction of sp³-hybridized carbons (Fsp3) is 0.304. The number of nitrogens with two attached hydrogens (primary N) is 1. The average molecular weight is 441 g/mol. The number of likely N-dealkylation sites (tertiary alicyclic amines) is 1. The molecule has 3 heterocycles. The van der Waals surface area contributed by atoms with E-state index in [-0.39, 0.29) is 29.4 Å². The molecule has 1 fully saturated rings. The molecule has 1 amide bonds. The Hall–Kier alpha value is -3.33. The first kappa shape index (κ1) is 20.6. The van der Waals surface area contributed by atoms with Gasteiger partial charge >= 0.3 is 0 Å². The van der Waals surface area contributed by atoms with E-state index in [9.17, 15) is 9.18 Å². The Balaban J connectivity index is 1.70. The standard InChI is InChI=1S/C23H22F3N5O/c1-29-14-8-4-3-6-12(14)10-15(29)22-28-20-18(25)16(17(24)19(26)21(20)30(22)2)23(32)31-9-5-7-13(27)11-31/h3-4,6,8,10,13H,5,7,9,11,27H2,1-2H3. The van der Waals surface area contributed by atoms with Gasteiger partial charge in [-0.2, -0.15) is 0 Å². The van der Waals surface area contributed by atoms with Crippen molar-refractivity contribution in [3.8, 4) is 11.5 Å². The normalized spacial score (nSPS) is 16.9. The Bertz CT molecular complexity index is 1390. The van der Waals surface area contributed by atoms with Gasteiger partial charge in [-0.1, -0.05) is 18.2 Å². The molecule has 0 saturated carbocycles. The highest BCUT2D eigenvalue weighted by Gasteiger charge is 2.33. The number of halogens is 3. The highest BCUT2D eigenvalue weighted by atomic mass is 19.2. The Morgan fingerprint density at radius 1 is 1.09 bits per heavy atom. The van der Waals surface area contributed by atoms with Crippen LogP contribution in [0.2, 0.25) is 0 Å². The summed E-state index contributed by atoms with van der Waals surface area (Å²) in [6, 6.07) is 9.19. The fourth-order valence-electron chi connectivity index (χ4n) is 4.60. The summed E-state index contributed by atoms with van der Waals surface area (Å²) in [6.45, 7) is 0.481. The van der Waals surface area contributed by atoms with Crippen LogP contribution >= 0.6 is 0 Å². The third-order valence-corrected chi connectivity index (χ3v) is 6.28. The Morgan fingerprint density at radius 2 is 1.84 bits per heavy atom. The maximum Gasteiger partial charge on any atom is 0.260 e. The zero-order valence-electron chi connectivity index (χ0n) is 17.7. The van der Waals surface area contributed by atoms with Gasteiger partial charge in [-0.25, -0.2) is 18.2 Å². The number of aromatic nitrogens is 3. The Kier molecular flexibility index (Phi) is 4.74. The summed E-state index contributed by atoms with van der Waals surface area (Å²) < 4.78 is 48.8. The molecule has 0 aliphatic carbocycles. The predicted molar refractivity (Wildman–Crippen MR) is 116 cm³/mol. The third kappa shape index (κ3) is 2.91. The number of para-hydroxylation sites is 1. The molecular weight excluding hydrogens is 419 g/mol. The van der Waals surface area contributed by atoms with E-state index in [1.54, 1.807) is 0 Å². The number of carbonyl (C=O) groups excluding carboxylic acids is 1. The van der Waals surface area contributed by atoms with E-state index in [0.717, 1.165) is 17.3 Å². The van der Waals surface area contributed by atoms with Crippen LogP contribution in [-0.2, 0) is 14.1 Å². The molecule has 0 bridgehead atoms. The van der Waals surface area contributed by atoms with Crippen molar-refractivity contribution in [2.75, 3.05) is 13.1 Å². The number of rotatable bonds is 2. The second-order valence-corrected chi connectivity index (χ2v) is 8.31. The summed E-state index contributed by atoms with van der Waals surface area (Å²) in [5, 5.41) is 0.932. The van der Waals surface area contributed by atoms with Crippen LogP contribution in [0.5, 0.6) is 0 Å². The van der Waals surface area contributed by atoms with Crippen molar-refractivity contribution in [3.05, 3.63) is 53.3 Å². The first-order chi connectivity index (χ1) is 15.3. The summed E-state index contributed by atoms with van der Waals surface area (Å²) >= 11 is 0. The lowest BCUT2D eigenvalue weighted by Crippen LogP contribution is -2.46. The van der Waals surface area contributed by atoms with Crippen molar-refractivity contribution in [3.63, 3.8) is 0 Å². The molecule has 1 aliphatic rings. The molecular formula is C23H22F3N5O.